The van der Waals surface area contributed by atoms with Crippen LogP contribution in [0.1, 0.15) is 17.0 Å². The fourth-order valence-electron chi connectivity index (χ4n) is 2.13. The number of aromatic nitrogens is 2. The maximum atomic E-state index is 12.0. The molecule has 0 aliphatic heterocycles. The number of amides is 1. The number of nitrogens with zero attached hydrogens (tertiary/aromatic N) is 3. The van der Waals surface area contributed by atoms with Gasteiger partial charge < -0.3 is 5.32 Å². The van der Waals surface area contributed by atoms with Crippen LogP contribution in [0.4, 0.5) is 11.4 Å². The van der Waals surface area contributed by atoms with E-state index < -0.39 is 4.92 Å². The summed E-state index contributed by atoms with van der Waals surface area (Å²) in [7, 11) is 0. The van der Waals surface area contributed by atoms with E-state index in [0.29, 0.717) is 16.9 Å². The number of benzene rings is 1. The van der Waals surface area contributed by atoms with Crippen LogP contribution in [0.3, 0.4) is 0 Å². The van der Waals surface area contributed by atoms with Crippen molar-refractivity contribution in [1.82, 2.24) is 9.78 Å². The Labute approximate surface area is 127 Å². The van der Waals surface area contributed by atoms with Crippen molar-refractivity contribution in [1.29, 1.82) is 0 Å². The fraction of sp³-hybridized carbons (Fsp3) is 0.200. The summed E-state index contributed by atoms with van der Waals surface area (Å²) >= 11 is 0. The van der Waals surface area contributed by atoms with Crippen LogP contribution in [0, 0.1) is 36.3 Å². The lowest BCUT2D eigenvalue weighted by atomic mass is 10.2. The lowest BCUT2D eigenvalue weighted by Crippen LogP contribution is -2.20. The average Bonchev–Trinajstić information content (AvgIpc) is 2.73. The number of terminal acetylenes is 1. The first-order valence-electron chi connectivity index (χ1n) is 6.47. The monoisotopic (exact) mass is 298 g/mol. The zero-order valence-electron chi connectivity index (χ0n) is 12.2. The van der Waals surface area contributed by atoms with Crippen LogP contribution < -0.4 is 5.32 Å². The normalized spacial score (nSPS) is 10.0. The van der Waals surface area contributed by atoms with Crippen molar-refractivity contribution in [3.63, 3.8) is 0 Å². The Balaban J connectivity index is 2.14. The van der Waals surface area contributed by atoms with Crippen molar-refractivity contribution >= 4 is 17.3 Å². The smallest absolute Gasteiger partial charge is 0.312 e. The summed E-state index contributed by atoms with van der Waals surface area (Å²) in [6, 6.07) is 6.86. The van der Waals surface area contributed by atoms with Crippen molar-refractivity contribution < 1.29 is 9.72 Å². The number of carbonyl (C=O) groups is 1. The first kappa shape index (κ1) is 15.3. The van der Waals surface area contributed by atoms with Gasteiger partial charge in [0.25, 0.3) is 0 Å². The van der Waals surface area contributed by atoms with Gasteiger partial charge in [-0.2, -0.15) is 5.10 Å². The predicted molar refractivity (Wildman–Crippen MR) is 81.4 cm³/mol. The molecule has 0 fully saturated rings. The van der Waals surface area contributed by atoms with Crippen molar-refractivity contribution in [3.8, 4) is 12.3 Å². The summed E-state index contributed by atoms with van der Waals surface area (Å²) < 4.78 is 1.31. The van der Waals surface area contributed by atoms with E-state index in [1.165, 1.54) is 11.6 Å². The predicted octanol–water partition coefficient (Wildman–Crippen LogP) is 2.03. The summed E-state index contributed by atoms with van der Waals surface area (Å²) in [5.41, 5.74) is 1.78. The first-order valence-corrected chi connectivity index (χ1v) is 6.47. The van der Waals surface area contributed by atoms with Gasteiger partial charge in [-0.25, -0.2) is 0 Å². The van der Waals surface area contributed by atoms with Gasteiger partial charge in [-0.3, -0.25) is 19.6 Å². The molecule has 1 heterocycles. The lowest BCUT2D eigenvalue weighted by Gasteiger charge is -2.06. The molecule has 112 valence electrons. The SMILES string of the molecule is C#Cc1cccc(NC(=O)Cn2nc(C)c([N+](=O)[O-])c2C)c1. The van der Waals surface area contributed by atoms with Gasteiger partial charge in [-0.1, -0.05) is 12.0 Å². The minimum absolute atomic E-state index is 0.0675. The van der Waals surface area contributed by atoms with Crippen molar-refractivity contribution in [2.75, 3.05) is 5.32 Å². The highest BCUT2D eigenvalue weighted by Gasteiger charge is 2.22. The van der Waals surface area contributed by atoms with Gasteiger partial charge in [0.15, 0.2) is 0 Å². The molecule has 1 N–H and O–H groups in total. The van der Waals surface area contributed by atoms with Gasteiger partial charge in [0.05, 0.1) is 4.92 Å². The van der Waals surface area contributed by atoms with E-state index in [1.807, 2.05) is 0 Å². The van der Waals surface area contributed by atoms with E-state index in [0.717, 1.165) is 0 Å². The number of hydrogen-bond acceptors (Lipinski definition) is 4. The molecule has 2 rings (SSSR count). The van der Waals surface area contributed by atoms with Crippen molar-refractivity contribution in [2.45, 2.75) is 20.4 Å². The molecule has 1 aromatic heterocycles. The highest BCUT2D eigenvalue weighted by Crippen LogP contribution is 2.21. The quantitative estimate of drug-likeness (QED) is 0.531. The second-order valence-corrected chi connectivity index (χ2v) is 4.71. The van der Waals surface area contributed by atoms with Crippen LogP contribution in [-0.4, -0.2) is 20.6 Å². The second-order valence-electron chi connectivity index (χ2n) is 4.71. The van der Waals surface area contributed by atoms with Gasteiger partial charge in [-0.05, 0) is 32.0 Å². The minimum Gasteiger partial charge on any atom is -0.324 e. The van der Waals surface area contributed by atoms with Gasteiger partial charge in [0, 0.05) is 11.3 Å². The van der Waals surface area contributed by atoms with Gasteiger partial charge in [0.1, 0.15) is 17.9 Å². The third kappa shape index (κ3) is 3.12. The molecule has 22 heavy (non-hydrogen) atoms. The molecule has 1 amide bonds. The number of aryl methyl sites for hydroxylation is 1. The van der Waals surface area contributed by atoms with Crippen LogP contribution in [-0.2, 0) is 11.3 Å². The zero-order chi connectivity index (χ0) is 16.3. The van der Waals surface area contributed by atoms with E-state index >= 15 is 0 Å². The van der Waals surface area contributed by atoms with E-state index in [-0.39, 0.29) is 23.8 Å². The molecule has 0 bridgehead atoms. The average molecular weight is 298 g/mol. The Morgan fingerprint density at radius 2 is 2.23 bits per heavy atom. The molecule has 0 saturated heterocycles. The maximum absolute atomic E-state index is 12.0. The zero-order valence-corrected chi connectivity index (χ0v) is 12.2. The van der Waals surface area contributed by atoms with E-state index in [1.54, 1.807) is 31.2 Å². The molecule has 0 radical (unpaired) electrons. The third-order valence-electron chi connectivity index (χ3n) is 3.13. The molecule has 0 aliphatic carbocycles. The fourth-order valence-corrected chi connectivity index (χ4v) is 2.13. The molecule has 7 heteroatoms. The highest BCUT2D eigenvalue weighted by atomic mass is 16.6. The van der Waals surface area contributed by atoms with Crippen LogP contribution in [0.2, 0.25) is 0 Å². The number of carbonyl (C=O) groups excluding carboxylic acids is 1. The number of nitrogens with one attached hydrogen (secondary N) is 1. The largest absolute Gasteiger partial charge is 0.324 e. The van der Waals surface area contributed by atoms with Crippen LogP contribution in [0.25, 0.3) is 0 Å². The van der Waals surface area contributed by atoms with Crippen LogP contribution in [0.15, 0.2) is 24.3 Å². The van der Waals surface area contributed by atoms with Crippen LogP contribution in [0.5, 0.6) is 0 Å². The first-order chi connectivity index (χ1) is 10.4. The molecule has 1 aromatic carbocycles. The van der Waals surface area contributed by atoms with Gasteiger partial charge >= 0.3 is 5.69 Å². The van der Waals surface area contributed by atoms with E-state index in [2.05, 4.69) is 16.3 Å². The van der Waals surface area contributed by atoms with Crippen molar-refractivity contribution in [2.24, 2.45) is 0 Å². The topological polar surface area (TPSA) is 90.1 Å². The summed E-state index contributed by atoms with van der Waals surface area (Å²) in [6.45, 7) is 2.99. The molecule has 0 atom stereocenters. The number of nitro groups is 1. The Kier molecular flexibility index (Phi) is 4.23. The molecule has 0 unspecified atom stereocenters. The molecule has 7 nitrogen and oxygen atoms in total. The number of rotatable bonds is 4. The Bertz CT molecular complexity index is 787. The Hall–Kier alpha value is -3.14. The van der Waals surface area contributed by atoms with Crippen molar-refractivity contribution in [3.05, 3.63) is 51.3 Å². The molecular weight excluding hydrogens is 284 g/mol. The molecule has 0 aliphatic rings. The van der Waals surface area contributed by atoms with E-state index in [4.69, 9.17) is 6.42 Å². The van der Waals surface area contributed by atoms with Gasteiger partial charge in [0.2, 0.25) is 5.91 Å². The maximum Gasteiger partial charge on any atom is 0.312 e. The number of anilines is 1. The Morgan fingerprint density at radius 3 is 2.82 bits per heavy atom. The van der Waals surface area contributed by atoms with Crippen LogP contribution >= 0.6 is 0 Å². The second kappa shape index (κ2) is 6.10. The molecular formula is C15H14N4O3. The van der Waals surface area contributed by atoms with E-state index in [9.17, 15) is 14.9 Å². The molecule has 0 spiro atoms. The molecule has 2 aromatic rings. The standard InChI is InChI=1S/C15H14N4O3/c1-4-12-6-5-7-13(8-12)16-14(20)9-18-11(3)15(19(21)22)10(2)17-18/h1,5-8H,9H2,2-3H3,(H,16,20). The summed E-state index contributed by atoms with van der Waals surface area (Å²) in [5.74, 6) is 2.14. The lowest BCUT2D eigenvalue weighted by molar-refractivity contribution is -0.386. The third-order valence-corrected chi connectivity index (χ3v) is 3.13. The Morgan fingerprint density at radius 1 is 1.50 bits per heavy atom. The molecule has 0 saturated carbocycles. The minimum atomic E-state index is -0.498. The summed E-state index contributed by atoms with van der Waals surface area (Å²) in [6.07, 6.45) is 5.30. The van der Waals surface area contributed by atoms with Gasteiger partial charge in [-0.15, -0.1) is 6.42 Å². The highest BCUT2D eigenvalue weighted by molar-refractivity contribution is 5.90. The summed E-state index contributed by atoms with van der Waals surface area (Å²) in [5, 5.41) is 17.6. The number of hydrogen-bond donors (Lipinski definition) is 1. The summed E-state index contributed by atoms with van der Waals surface area (Å²) in [4.78, 5) is 22.5.